The van der Waals surface area contributed by atoms with Gasteiger partial charge in [0.15, 0.2) is 0 Å². The summed E-state index contributed by atoms with van der Waals surface area (Å²) in [5.41, 5.74) is 4.13. The van der Waals surface area contributed by atoms with Crippen molar-refractivity contribution in [3.05, 3.63) is 95.6 Å². The minimum atomic E-state index is -0.188. The monoisotopic (exact) mass is 540 g/mol. The summed E-state index contributed by atoms with van der Waals surface area (Å²) >= 11 is 0. The van der Waals surface area contributed by atoms with Crippen molar-refractivity contribution in [2.75, 3.05) is 62.7 Å². The van der Waals surface area contributed by atoms with Crippen molar-refractivity contribution in [2.45, 2.75) is 25.7 Å². The molecule has 5 rings (SSSR count). The summed E-state index contributed by atoms with van der Waals surface area (Å²) in [4.78, 5) is 31.0. The van der Waals surface area contributed by atoms with E-state index in [-0.39, 0.29) is 11.8 Å². The third kappa shape index (κ3) is 7.71. The molecule has 7 nitrogen and oxygen atoms in total. The quantitative estimate of drug-likeness (QED) is 0.360. The van der Waals surface area contributed by atoms with Crippen LogP contribution in [0.15, 0.2) is 78.9 Å². The lowest BCUT2D eigenvalue weighted by molar-refractivity contribution is 0.0374. The molecule has 3 aromatic carbocycles. The van der Waals surface area contributed by atoms with Gasteiger partial charge in [-0.3, -0.25) is 14.5 Å². The van der Waals surface area contributed by atoms with Gasteiger partial charge in [0, 0.05) is 49.7 Å². The second-order valence-electron chi connectivity index (χ2n) is 10.7. The Morgan fingerprint density at radius 3 is 2.25 bits per heavy atom. The van der Waals surface area contributed by atoms with Crippen molar-refractivity contribution in [3.8, 4) is 0 Å². The Morgan fingerprint density at radius 1 is 0.825 bits per heavy atom. The van der Waals surface area contributed by atoms with Crippen molar-refractivity contribution >= 4 is 23.2 Å². The van der Waals surface area contributed by atoms with E-state index in [9.17, 15) is 9.59 Å². The Hall–Kier alpha value is -3.68. The van der Waals surface area contributed by atoms with E-state index in [1.165, 1.54) is 5.56 Å². The first kappa shape index (κ1) is 27.9. The molecule has 2 N–H and O–H groups in total. The molecule has 2 amide bonds. The molecule has 3 aromatic rings. The molecule has 0 bridgehead atoms. The number of hydrogen-bond acceptors (Lipinski definition) is 5. The van der Waals surface area contributed by atoms with Crippen LogP contribution in [0, 0.1) is 5.92 Å². The normalized spacial score (nSPS) is 16.4. The Labute approximate surface area is 237 Å². The smallest absolute Gasteiger partial charge is 0.255 e. The molecule has 0 radical (unpaired) electrons. The predicted molar refractivity (Wildman–Crippen MR) is 160 cm³/mol. The topological polar surface area (TPSA) is 73.9 Å². The van der Waals surface area contributed by atoms with Gasteiger partial charge in [0.05, 0.1) is 18.8 Å². The second kappa shape index (κ2) is 14.1. The van der Waals surface area contributed by atoms with Crippen LogP contribution < -0.4 is 15.5 Å². The van der Waals surface area contributed by atoms with Gasteiger partial charge < -0.3 is 20.3 Å². The summed E-state index contributed by atoms with van der Waals surface area (Å²) in [6, 6.07) is 25.5. The van der Waals surface area contributed by atoms with Crippen LogP contribution in [0.3, 0.4) is 0 Å². The maximum atomic E-state index is 13.5. The number of carbonyl (C=O) groups is 2. The lowest BCUT2D eigenvalue weighted by Gasteiger charge is -2.35. The summed E-state index contributed by atoms with van der Waals surface area (Å²) in [5, 5.41) is 6.11. The molecule has 2 aliphatic heterocycles. The molecule has 0 unspecified atom stereocenters. The van der Waals surface area contributed by atoms with Gasteiger partial charge in [-0.05, 0) is 74.0 Å². The first-order chi connectivity index (χ1) is 19.7. The lowest BCUT2D eigenvalue weighted by atomic mass is 9.89. The van der Waals surface area contributed by atoms with Crippen LogP contribution in [0.1, 0.15) is 45.5 Å². The summed E-state index contributed by atoms with van der Waals surface area (Å²) in [6.45, 7) is 6.81. The van der Waals surface area contributed by atoms with Gasteiger partial charge in [-0.15, -0.1) is 0 Å². The average Bonchev–Trinajstić information content (AvgIpc) is 3.01. The van der Waals surface area contributed by atoms with Crippen molar-refractivity contribution in [3.63, 3.8) is 0 Å². The summed E-state index contributed by atoms with van der Waals surface area (Å²) in [5.74, 6) is 0.353. The van der Waals surface area contributed by atoms with Crippen LogP contribution in [-0.4, -0.2) is 69.2 Å². The van der Waals surface area contributed by atoms with Gasteiger partial charge >= 0.3 is 0 Å². The summed E-state index contributed by atoms with van der Waals surface area (Å²) in [7, 11) is 0. The van der Waals surface area contributed by atoms with E-state index < -0.39 is 0 Å². The molecule has 0 aromatic heterocycles. The number of benzene rings is 3. The Morgan fingerprint density at radius 2 is 1.52 bits per heavy atom. The molecule has 0 saturated carbocycles. The number of rotatable bonds is 10. The van der Waals surface area contributed by atoms with Crippen LogP contribution >= 0.6 is 0 Å². The molecular weight excluding hydrogens is 500 g/mol. The van der Waals surface area contributed by atoms with Crippen LogP contribution in [0.25, 0.3) is 0 Å². The van der Waals surface area contributed by atoms with Crippen molar-refractivity contribution in [1.29, 1.82) is 0 Å². The van der Waals surface area contributed by atoms with E-state index in [0.29, 0.717) is 29.3 Å². The van der Waals surface area contributed by atoms with E-state index >= 15 is 0 Å². The fourth-order valence-corrected chi connectivity index (χ4v) is 5.61. The SMILES string of the molecule is O=C(Nc1ccc(N2CCC(Cc3ccccc3)CC2)c(C(=O)NCCCN2CCOCC2)c1)c1ccccc1. The molecule has 210 valence electrons. The van der Waals surface area contributed by atoms with Gasteiger partial charge in [0.1, 0.15) is 0 Å². The minimum Gasteiger partial charge on any atom is -0.379 e. The molecule has 40 heavy (non-hydrogen) atoms. The summed E-state index contributed by atoms with van der Waals surface area (Å²) in [6.07, 6.45) is 4.15. The van der Waals surface area contributed by atoms with Crippen LogP contribution in [-0.2, 0) is 11.2 Å². The number of anilines is 2. The number of hydrogen-bond donors (Lipinski definition) is 2. The summed E-state index contributed by atoms with van der Waals surface area (Å²) < 4.78 is 5.43. The van der Waals surface area contributed by atoms with Gasteiger partial charge in [0.25, 0.3) is 11.8 Å². The van der Waals surface area contributed by atoms with E-state index in [1.54, 1.807) is 12.1 Å². The minimum absolute atomic E-state index is 0.0980. The first-order valence-corrected chi connectivity index (χ1v) is 14.5. The van der Waals surface area contributed by atoms with Crippen LogP contribution in [0.2, 0.25) is 0 Å². The number of nitrogens with one attached hydrogen (secondary N) is 2. The highest BCUT2D eigenvalue weighted by Crippen LogP contribution is 2.30. The largest absolute Gasteiger partial charge is 0.379 e. The number of amides is 2. The Bertz CT molecular complexity index is 1240. The Kier molecular flexibility index (Phi) is 9.82. The average molecular weight is 541 g/mol. The molecule has 0 aliphatic carbocycles. The fraction of sp³-hybridized carbons (Fsp3) is 0.394. The zero-order valence-electron chi connectivity index (χ0n) is 23.2. The van der Waals surface area contributed by atoms with Gasteiger partial charge in [-0.1, -0.05) is 48.5 Å². The molecule has 0 atom stereocenters. The van der Waals surface area contributed by atoms with Crippen LogP contribution in [0.5, 0.6) is 0 Å². The van der Waals surface area contributed by atoms with Gasteiger partial charge in [-0.2, -0.15) is 0 Å². The number of piperidine rings is 1. The molecule has 2 fully saturated rings. The highest BCUT2D eigenvalue weighted by Gasteiger charge is 2.24. The van der Waals surface area contributed by atoms with E-state index in [2.05, 4.69) is 50.8 Å². The number of nitrogens with zero attached hydrogens (tertiary/aromatic N) is 2. The molecule has 2 aliphatic rings. The molecular formula is C33H40N4O3. The van der Waals surface area contributed by atoms with E-state index in [0.717, 1.165) is 77.3 Å². The standard InChI is InChI=1S/C33H40N4O3/c38-32(28-10-5-2-6-11-28)35-29-12-13-31(37-18-14-27(15-19-37)24-26-8-3-1-4-9-26)30(25-29)33(39)34-16-7-17-36-20-22-40-23-21-36/h1-6,8-13,25,27H,7,14-24H2,(H,34,39)(H,35,38). The number of morpholine rings is 1. The molecule has 7 heteroatoms. The first-order valence-electron chi connectivity index (χ1n) is 14.5. The van der Waals surface area contributed by atoms with Crippen molar-refractivity contribution in [1.82, 2.24) is 10.2 Å². The van der Waals surface area contributed by atoms with Crippen molar-refractivity contribution in [2.24, 2.45) is 5.92 Å². The second-order valence-corrected chi connectivity index (χ2v) is 10.7. The Balaban J connectivity index is 1.25. The highest BCUT2D eigenvalue weighted by molar-refractivity contribution is 6.06. The highest BCUT2D eigenvalue weighted by atomic mass is 16.5. The van der Waals surface area contributed by atoms with Crippen molar-refractivity contribution < 1.29 is 14.3 Å². The van der Waals surface area contributed by atoms with E-state index in [4.69, 9.17) is 4.74 Å². The molecule has 2 heterocycles. The lowest BCUT2D eigenvalue weighted by Crippen LogP contribution is -2.38. The number of carbonyl (C=O) groups excluding carboxylic acids is 2. The zero-order chi connectivity index (χ0) is 27.6. The maximum absolute atomic E-state index is 13.5. The maximum Gasteiger partial charge on any atom is 0.255 e. The molecule has 2 saturated heterocycles. The third-order valence-electron chi connectivity index (χ3n) is 7.90. The van der Waals surface area contributed by atoms with Crippen LogP contribution in [0.4, 0.5) is 11.4 Å². The third-order valence-corrected chi connectivity index (χ3v) is 7.90. The zero-order valence-corrected chi connectivity index (χ0v) is 23.2. The number of ether oxygens (including phenoxy) is 1. The predicted octanol–water partition coefficient (Wildman–Crippen LogP) is 4.85. The van der Waals surface area contributed by atoms with Gasteiger partial charge in [0.2, 0.25) is 0 Å². The van der Waals surface area contributed by atoms with E-state index in [1.807, 2.05) is 36.4 Å². The van der Waals surface area contributed by atoms with Gasteiger partial charge in [-0.25, -0.2) is 0 Å². The fourth-order valence-electron chi connectivity index (χ4n) is 5.61. The molecule has 0 spiro atoms.